The summed E-state index contributed by atoms with van der Waals surface area (Å²) in [5.74, 6) is -0.238. The lowest BCUT2D eigenvalue weighted by molar-refractivity contribution is 0.458. The summed E-state index contributed by atoms with van der Waals surface area (Å²) in [7, 11) is 0. The summed E-state index contributed by atoms with van der Waals surface area (Å²) < 4.78 is 34.1. The van der Waals surface area contributed by atoms with E-state index in [0.29, 0.717) is 17.2 Å². The van der Waals surface area contributed by atoms with Gasteiger partial charge in [-0.3, -0.25) is 0 Å². The van der Waals surface area contributed by atoms with Crippen LogP contribution in [0.4, 0.5) is 8.78 Å². The Labute approximate surface area is 111 Å². The zero-order valence-corrected chi connectivity index (χ0v) is 10.7. The molecule has 2 aromatic heterocycles. The number of aromatic nitrogens is 3. The van der Waals surface area contributed by atoms with E-state index in [2.05, 4.69) is 9.97 Å². The summed E-state index contributed by atoms with van der Waals surface area (Å²) in [6.45, 7) is 1.99. The molecule has 0 atom stereocenters. The molecule has 3 aromatic rings. The molecule has 4 nitrogen and oxygen atoms in total. The fraction of sp³-hybridized carbons (Fsp3) is 0.167. The Bertz CT molecular complexity index is 818. The third-order valence-electron chi connectivity index (χ3n) is 2.76. The van der Waals surface area contributed by atoms with Crippen LogP contribution >= 0.6 is 12.2 Å². The van der Waals surface area contributed by atoms with E-state index in [0.717, 1.165) is 6.07 Å². The average molecular weight is 281 g/mol. The van der Waals surface area contributed by atoms with Crippen LogP contribution < -0.4 is 0 Å². The van der Waals surface area contributed by atoms with Gasteiger partial charge in [-0.2, -0.15) is 0 Å². The molecule has 2 heterocycles. The van der Waals surface area contributed by atoms with Gasteiger partial charge in [0.05, 0.1) is 11.7 Å². The number of H-pyrrole nitrogens is 1. The second-order valence-electron chi connectivity index (χ2n) is 4.16. The molecule has 0 spiro atoms. The third-order valence-corrected chi connectivity index (χ3v) is 3.09. The average Bonchev–Trinajstić information content (AvgIpc) is 2.87. The Morgan fingerprint density at radius 2 is 2.21 bits per heavy atom. The molecule has 19 heavy (non-hydrogen) atoms. The van der Waals surface area contributed by atoms with Gasteiger partial charge in [0.2, 0.25) is 5.89 Å². The molecule has 0 unspecified atom stereocenters. The number of rotatable bonds is 2. The van der Waals surface area contributed by atoms with E-state index in [-0.39, 0.29) is 16.8 Å². The Morgan fingerprint density at radius 1 is 1.42 bits per heavy atom. The normalized spacial score (nSPS) is 11.3. The standard InChI is InChI=1S/C12H9F2N3OS/c1-6-4-15-10(18-6)5-17-9-3-7(13)2-8(14)11(9)16-12(17)19/h2-4H,5H2,1H3,(H,16,19). The Balaban J connectivity index is 2.18. The van der Waals surface area contributed by atoms with Crippen molar-refractivity contribution >= 4 is 23.3 Å². The van der Waals surface area contributed by atoms with Crippen molar-refractivity contribution in [3.63, 3.8) is 0 Å². The third kappa shape index (κ3) is 2.06. The number of nitrogens with zero attached hydrogens (tertiary/aromatic N) is 2. The number of imidazole rings is 1. The number of fused-ring (bicyclic) bond motifs is 1. The van der Waals surface area contributed by atoms with E-state index >= 15 is 0 Å². The smallest absolute Gasteiger partial charge is 0.214 e. The maximum atomic E-state index is 13.6. The molecule has 0 saturated heterocycles. The van der Waals surface area contributed by atoms with Crippen LogP contribution in [0.3, 0.4) is 0 Å². The van der Waals surface area contributed by atoms with Gasteiger partial charge < -0.3 is 14.0 Å². The van der Waals surface area contributed by atoms with Crippen LogP contribution in [0.2, 0.25) is 0 Å². The van der Waals surface area contributed by atoms with Gasteiger partial charge in [-0.15, -0.1) is 0 Å². The van der Waals surface area contributed by atoms with Crippen LogP contribution in [0.15, 0.2) is 22.7 Å². The summed E-state index contributed by atoms with van der Waals surface area (Å²) in [6.07, 6.45) is 1.58. The maximum absolute atomic E-state index is 13.6. The molecular weight excluding hydrogens is 272 g/mol. The van der Waals surface area contributed by atoms with E-state index in [1.807, 2.05) is 0 Å². The molecule has 3 rings (SSSR count). The van der Waals surface area contributed by atoms with E-state index in [1.165, 1.54) is 6.07 Å². The zero-order valence-electron chi connectivity index (χ0n) is 9.91. The summed E-state index contributed by atoms with van der Waals surface area (Å²) in [5, 5.41) is 0. The fourth-order valence-corrected chi connectivity index (χ4v) is 2.21. The molecule has 0 aliphatic carbocycles. The predicted octanol–water partition coefficient (Wildman–Crippen LogP) is 3.32. The number of hydrogen-bond acceptors (Lipinski definition) is 3. The Kier molecular flexibility index (Phi) is 2.70. The number of aromatic amines is 1. The largest absolute Gasteiger partial charge is 0.444 e. The highest BCUT2D eigenvalue weighted by Gasteiger charge is 2.12. The van der Waals surface area contributed by atoms with Gasteiger partial charge in [-0.25, -0.2) is 13.8 Å². The molecule has 1 aromatic carbocycles. The monoisotopic (exact) mass is 281 g/mol. The Morgan fingerprint density at radius 3 is 2.89 bits per heavy atom. The van der Waals surface area contributed by atoms with Crippen LogP contribution in [0.5, 0.6) is 0 Å². The number of hydrogen-bond donors (Lipinski definition) is 1. The lowest BCUT2D eigenvalue weighted by Crippen LogP contribution is -2.00. The first-order chi connectivity index (χ1) is 9.04. The van der Waals surface area contributed by atoms with E-state index in [4.69, 9.17) is 16.6 Å². The number of aryl methyl sites for hydroxylation is 1. The molecule has 0 aliphatic heterocycles. The van der Waals surface area contributed by atoms with Gasteiger partial charge >= 0.3 is 0 Å². The number of halogens is 2. The minimum atomic E-state index is -0.677. The first-order valence-electron chi connectivity index (χ1n) is 5.53. The lowest BCUT2D eigenvalue weighted by Gasteiger charge is -2.01. The van der Waals surface area contributed by atoms with E-state index in [1.54, 1.807) is 17.7 Å². The van der Waals surface area contributed by atoms with Crippen LogP contribution in [0.1, 0.15) is 11.7 Å². The molecule has 7 heteroatoms. The van der Waals surface area contributed by atoms with Crippen LogP contribution in [-0.2, 0) is 6.54 Å². The molecule has 0 radical (unpaired) electrons. The minimum absolute atomic E-state index is 0.176. The highest BCUT2D eigenvalue weighted by atomic mass is 32.1. The second-order valence-corrected chi connectivity index (χ2v) is 4.55. The van der Waals surface area contributed by atoms with Crippen molar-refractivity contribution in [1.29, 1.82) is 0 Å². The molecule has 0 fully saturated rings. The summed E-state index contributed by atoms with van der Waals surface area (Å²) in [4.78, 5) is 6.76. The van der Waals surface area contributed by atoms with Gasteiger partial charge in [-0.05, 0) is 25.2 Å². The topological polar surface area (TPSA) is 46.8 Å². The predicted molar refractivity (Wildman–Crippen MR) is 67.4 cm³/mol. The van der Waals surface area contributed by atoms with Crippen molar-refractivity contribution in [3.05, 3.63) is 46.4 Å². The summed E-state index contributed by atoms with van der Waals surface area (Å²) in [5.41, 5.74) is 0.521. The minimum Gasteiger partial charge on any atom is -0.444 e. The van der Waals surface area contributed by atoms with Crippen molar-refractivity contribution < 1.29 is 13.2 Å². The lowest BCUT2D eigenvalue weighted by atomic mass is 10.3. The van der Waals surface area contributed by atoms with Crippen LogP contribution in [0.25, 0.3) is 11.0 Å². The molecular formula is C12H9F2N3OS. The molecule has 0 amide bonds. The van der Waals surface area contributed by atoms with Crippen molar-refractivity contribution in [2.45, 2.75) is 13.5 Å². The van der Waals surface area contributed by atoms with Gasteiger partial charge in [0.25, 0.3) is 0 Å². The van der Waals surface area contributed by atoms with Gasteiger partial charge in [-0.1, -0.05) is 0 Å². The first kappa shape index (κ1) is 12.0. The van der Waals surface area contributed by atoms with Gasteiger partial charge in [0, 0.05) is 6.07 Å². The SMILES string of the molecule is Cc1cnc(Cn2c(=S)[nH]c3c(F)cc(F)cc32)o1. The van der Waals surface area contributed by atoms with E-state index in [9.17, 15) is 8.78 Å². The molecule has 98 valence electrons. The number of benzene rings is 1. The van der Waals surface area contributed by atoms with Crippen molar-refractivity contribution in [3.8, 4) is 0 Å². The second kappa shape index (κ2) is 4.27. The molecule has 0 saturated carbocycles. The quantitative estimate of drug-likeness (QED) is 0.733. The maximum Gasteiger partial charge on any atom is 0.214 e. The summed E-state index contributed by atoms with van der Waals surface area (Å²) >= 11 is 5.11. The number of nitrogens with one attached hydrogen (secondary N) is 1. The zero-order chi connectivity index (χ0) is 13.6. The van der Waals surface area contributed by atoms with Crippen molar-refractivity contribution in [2.24, 2.45) is 0 Å². The molecule has 0 aliphatic rings. The highest BCUT2D eigenvalue weighted by molar-refractivity contribution is 7.71. The number of oxazole rings is 1. The fourth-order valence-electron chi connectivity index (χ4n) is 1.95. The molecule has 1 N–H and O–H groups in total. The Hall–Kier alpha value is -2.02. The van der Waals surface area contributed by atoms with Crippen molar-refractivity contribution in [2.75, 3.05) is 0 Å². The van der Waals surface area contributed by atoms with Gasteiger partial charge in [0.15, 0.2) is 10.6 Å². The van der Waals surface area contributed by atoms with Crippen LogP contribution in [-0.4, -0.2) is 14.5 Å². The first-order valence-corrected chi connectivity index (χ1v) is 5.94. The summed E-state index contributed by atoms with van der Waals surface area (Å²) in [6, 6.07) is 2.04. The van der Waals surface area contributed by atoms with Gasteiger partial charge in [0.1, 0.15) is 23.6 Å². The van der Waals surface area contributed by atoms with Crippen molar-refractivity contribution in [1.82, 2.24) is 14.5 Å². The van der Waals surface area contributed by atoms with Crippen LogP contribution in [0, 0.1) is 23.3 Å². The highest BCUT2D eigenvalue weighted by Crippen LogP contribution is 2.20. The van der Waals surface area contributed by atoms with E-state index < -0.39 is 11.6 Å². The molecule has 0 bridgehead atoms.